The molecule has 7 heteroatoms. The van der Waals surface area contributed by atoms with Gasteiger partial charge >= 0.3 is 0 Å². The molecule has 2 heterocycles. The number of carbonyl (C=O) groups excluding carboxylic acids is 1. The summed E-state index contributed by atoms with van der Waals surface area (Å²) in [7, 11) is 1.61. The standard InChI is InChI=1S/C18H23N3O3.ClH/c1-13-17(14(2)24-19-13)12-20-7-9-21(10-8-20)18(22)15-5-4-6-16(11-15)23-3;/h4-6,11H,7-10,12H2,1-3H3;1H. The summed E-state index contributed by atoms with van der Waals surface area (Å²) in [6.07, 6.45) is 0. The number of amides is 1. The summed E-state index contributed by atoms with van der Waals surface area (Å²) in [5.74, 6) is 1.64. The highest BCUT2D eigenvalue weighted by Crippen LogP contribution is 2.18. The van der Waals surface area contributed by atoms with Crippen molar-refractivity contribution in [2.45, 2.75) is 20.4 Å². The monoisotopic (exact) mass is 365 g/mol. The van der Waals surface area contributed by atoms with Crippen LogP contribution in [-0.4, -0.2) is 54.2 Å². The summed E-state index contributed by atoms with van der Waals surface area (Å²) in [5.41, 5.74) is 2.78. The number of aryl methyl sites for hydroxylation is 2. The normalized spacial score (nSPS) is 14.9. The Balaban J connectivity index is 0.00000225. The van der Waals surface area contributed by atoms with Gasteiger partial charge in [-0.05, 0) is 32.0 Å². The lowest BCUT2D eigenvalue weighted by atomic mass is 10.1. The minimum atomic E-state index is 0. The first-order valence-corrected chi connectivity index (χ1v) is 8.16. The number of carbonyl (C=O) groups is 1. The van der Waals surface area contributed by atoms with Crippen LogP contribution in [0, 0.1) is 13.8 Å². The molecule has 0 spiro atoms. The predicted molar refractivity (Wildman–Crippen MR) is 97.4 cm³/mol. The van der Waals surface area contributed by atoms with Gasteiger partial charge in [0.15, 0.2) is 0 Å². The van der Waals surface area contributed by atoms with Crippen molar-refractivity contribution in [3.05, 3.63) is 46.8 Å². The lowest BCUT2D eigenvalue weighted by molar-refractivity contribution is 0.0627. The van der Waals surface area contributed by atoms with Crippen LogP contribution in [0.4, 0.5) is 0 Å². The summed E-state index contributed by atoms with van der Waals surface area (Å²) < 4.78 is 10.4. The third-order valence-corrected chi connectivity index (χ3v) is 4.54. The molecular weight excluding hydrogens is 342 g/mol. The Kier molecular flexibility index (Phi) is 6.45. The second-order valence-electron chi connectivity index (χ2n) is 6.10. The van der Waals surface area contributed by atoms with Crippen molar-refractivity contribution in [1.29, 1.82) is 0 Å². The predicted octanol–water partition coefficient (Wildman–Crippen LogP) is 2.68. The second kappa shape index (κ2) is 8.36. The molecule has 0 aliphatic carbocycles. The van der Waals surface area contributed by atoms with Crippen LogP contribution in [0.15, 0.2) is 28.8 Å². The fourth-order valence-electron chi connectivity index (χ4n) is 3.00. The molecule has 3 rings (SSSR count). The second-order valence-corrected chi connectivity index (χ2v) is 6.10. The molecule has 0 unspecified atom stereocenters. The van der Waals surface area contributed by atoms with E-state index in [0.717, 1.165) is 49.7 Å². The van der Waals surface area contributed by atoms with Crippen LogP contribution < -0.4 is 4.74 Å². The molecule has 1 aliphatic heterocycles. The van der Waals surface area contributed by atoms with E-state index in [0.29, 0.717) is 11.3 Å². The summed E-state index contributed by atoms with van der Waals surface area (Å²) in [6.45, 7) is 7.87. The highest BCUT2D eigenvalue weighted by atomic mass is 35.5. The van der Waals surface area contributed by atoms with Crippen molar-refractivity contribution in [2.24, 2.45) is 0 Å². The van der Waals surface area contributed by atoms with E-state index in [4.69, 9.17) is 9.26 Å². The van der Waals surface area contributed by atoms with E-state index in [-0.39, 0.29) is 18.3 Å². The van der Waals surface area contributed by atoms with Gasteiger partial charge in [-0.2, -0.15) is 0 Å². The number of ether oxygens (including phenoxy) is 1. The van der Waals surface area contributed by atoms with E-state index in [2.05, 4.69) is 10.1 Å². The average molecular weight is 366 g/mol. The minimum absolute atomic E-state index is 0. The van der Waals surface area contributed by atoms with Crippen LogP contribution in [0.5, 0.6) is 5.75 Å². The highest BCUT2D eigenvalue weighted by molar-refractivity contribution is 5.94. The van der Waals surface area contributed by atoms with Crippen molar-refractivity contribution in [2.75, 3.05) is 33.3 Å². The smallest absolute Gasteiger partial charge is 0.254 e. The third-order valence-electron chi connectivity index (χ3n) is 4.54. The topological polar surface area (TPSA) is 58.8 Å². The molecule has 0 saturated carbocycles. The molecule has 1 aromatic carbocycles. The van der Waals surface area contributed by atoms with Crippen LogP contribution >= 0.6 is 12.4 Å². The van der Waals surface area contributed by atoms with Crippen LogP contribution in [0.3, 0.4) is 0 Å². The first-order chi connectivity index (χ1) is 11.6. The van der Waals surface area contributed by atoms with Crippen molar-refractivity contribution in [3.63, 3.8) is 0 Å². The number of piperazine rings is 1. The zero-order valence-corrected chi connectivity index (χ0v) is 15.6. The minimum Gasteiger partial charge on any atom is -0.497 e. The van der Waals surface area contributed by atoms with Gasteiger partial charge in [0.25, 0.3) is 5.91 Å². The molecule has 0 atom stereocenters. The molecule has 0 radical (unpaired) electrons. The van der Waals surface area contributed by atoms with E-state index in [1.165, 1.54) is 0 Å². The van der Waals surface area contributed by atoms with Gasteiger partial charge in [-0.25, -0.2) is 0 Å². The van der Waals surface area contributed by atoms with Crippen molar-refractivity contribution < 1.29 is 14.1 Å². The van der Waals surface area contributed by atoms with E-state index < -0.39 is 0 Å². The van der Waals surface area contributed by atoms with Gasteiger partial charge in [0.1, 0.15) is 11.5 Å². The van der Waals surface area contributed by atoms with Gasteiger partial charge in [-0.3, -0.25) is 9.69 Å². The van der Waals surface area contributed by atoms with E-state index in [1.807, 2.05) is 36.9 Å². The maximum atomic E-state index is 12.6. The molecule has 1 aliphatic rings. The van der Waals surface area contributed by atoms with Gasteiger partial charge < -0.3 is 14.2 Å². The molecule has 0 bridgehead atoms. The van der Waals surface area contributed by atoms with Gasteiger partial charge in [-0.15, -0.1) is 12.4 Å². The Morgan fingerprint density at radius 1 is 1.24 bits per heavy atom. The highest BCUT2D eigenvalue weighted by Gasteiger charge is 2.23. The molecule has 1 saturated heterocycles. The molecule has 1 fully saturated rings. The number of hydrogen-bond acceptors (Lipinski definition) is 5. The van der Waals surface area contributed by atoms with Crippen LogP contribution in [-0.2, 0) is 6.54 Å². The number of methoxy groups -OCH3 is 1. The van der Waals surface area contributed by atoms with Crippen LogP contribution in [0.2, 0.25) is 0 Å². The number of aromatic nitrogens is 1. The molecule has 136 valence electrons. The van der Waals surface area contributed by atoms with E-state index >= 15 is 0 Å². The molecular formula is C18H24ClN3O3. The lowest BCUT2D eigenvalue weighted by Crippen LogP contribution is -2.48. The first-order valence-electron chi connectivity index (χ1n) is 8.16. The van der Waals surface area contributed by atoms with Crippen LogP contribution in [0.1, 0.15) is 27.4 Å². The maximum Gasteiger partial charge on any atom is 0.254 e. The summed E-state index contributed by atoms with van der Waals surface area (Å²) in [4.78, 5) is 16.9. The van der Waals surface area contributed by atoms with Crippen LogP contribution in [0.25, 0.3) is 0 Å². The molecule has 2 aromatic rings. The number of nitrogens with zero attached hydrogens (tertiary/aromatic N) is 3. The first kappa shape index (κ1) is 19.3. The Morgan fingerprint density at radius 2 is 1.96 bits per heavy atom. The number of halogens is 1. The van der Waals surface area contributed by atoms with Gasteiger partial charge in [0, 0.05) is 43.9 Å². The fourth-order valence-corrected chi connectivity index (χ4v) is 3.00. The van der Waals surface area contributed by atoms with Gasteiger partial charge in [-0.1, -0.05) is 11.2 Å². The summed E-state index contributed by atoms with van der Waals surface area (Å²) in [6, 6.07) is 7.32. The van der Waals surface area contributed by atoms with Gasteiger partial charge in [0.2, 0.25) is 0 Å². The Labute approximate surface area is 154 Å². The Bertz CT molecular complexity index is 705. The van der Waals surface area contributed by atoms with Crippen molar-refractivity contribution in [1.82, 2.24) is 15.0 Å². The fraction of sp³-hybridized carbons (Fsp3) is 0.444. The largest absolute Gasteiger partial charge is 0.497 e. The average Bonchev–Trinajstić information content (AvgIpc) is 2.94. The third kappa shape index (κ3) is 4.32. The van der Waals surface area contributed by atoms with E-state index in [1.54, 1.807) is 13.2 Å². The number of benzene rings is 1. The van der Waals surface area contributed by atoms with Crippen molar-refractivity contribution >= 4 is 18.3 Å². The zero-order chi connectivity index (χ0) is 17.1. The Hall–Kier alpha value is -2.05. The molecule has 1 amide bonds. The zero-order valence-electron chi connectivity index (χ0n) is 14.8. The summed E-state index contributed by atoms with van der Waals surface area (Å²) >= 11 is 0. The maximum absolute atomic E-state index is 12.6. The molecule has 1 aromatic heterocycles. The SMILES string of the molecule is COc1cccc(C(=O)N2CCN(Cc3c(C)noc3C)CC2)c1.Cl. The van der Waals surface area contributed by atoms with E-state index in [9.17, 15) is 4.79 Å². The molecule has 0 N–H and O–H groups in total. The summed E-state index contributed by atoms with van der Waals surface area (Å²) in [5, 5.41) is 4.00. The number of hydrogen-bond donors (Lipinski definition) is 0. The molecule has 25 heavy (non-hydrogen) atoms. The quantitative estimate of drug-likeness (QED) is 0.833. The lowest BCUT2D eigenvalue weighted by Gasteiger charge is -2.34. The van der Waals surface area contributed by atoms with Gasteiger partial charge in [0.05, 0.1) is 12.8 Å². The van der Waals surface area contributed by atoms with Crippen molar-refractivity contribution in [3.8, 4) is 5.75 Å². The molecule has 6 nitrogen and oxygen atoms in total. The number of rotatable bonds is 4. The Morgan fingerprint density at radius 3 is 2.56 bits per heavy atom.